The van der Waals surface area contributed by atoms with E-state index in [1.807, 2.05) is 30.2 Å². The number of carbonyl (C=O) groups excluding carboxylic acids is 2. The molecule has 1 N–H and O–H groups in total. The lowest BCUT2D eigenvalue weighted by Gasteiger charge is -2.41. The van der Waals surface area contributed by atoms with Crippen molar-refractivity contribution < 1.29 is 9.59 Å². The van der Waals surface area contributed by atoms with E-state index in [0.29, 0.717) is 18.1 Å². The second-order valence-corrected chi connectivity index (χ2v) is 7.73. The maximum atomic E-state index is 12.5. The van der Waals surface area contributed by atoms with Crippen LogP contribution < -0.4 is 5.32 Å². The molecule has 1 aromatic rings. The molecule has 1 saturated heterocycles. The fourth-order valence-electron chi connectivity index (χ4n) is 2.55. The molecule has 1 saturated carbocycles. The third kappa shape index (κ3) is 2.81. The lowest BCUT2D eigenvalue weighted by atomic mass is 9.89. The normalized spacial score (nSPS) is 19.3. The van der Waals surface area contributed by atoms with E-state index in [9.17, 15) is 9.59 Å². The molecule has 114 valence electrons. The highest BCUT2D eigenvalue weighted by molar-refractivity contribution is 7.10. The van der Waals surface area contributed by atoms with Gasteiger partial charge in [0.15, 0.2) is 0 Å². The summed E-state index contributed by atoms with van der Waals surface area (Å²) >= 11 is 7.63. The van der Waals surface area contributed by atoms with E-state index in [1.165, 1.54) is 11.3 Å². The molecule has 3 rings (SSSR count). The topological polar surface area (TPSA) is 49.4 Å². The van der Waals surface area contributed by atoms with Crippen LogP contribution in [0.3, 0.4) is 0 Å². The quantitative estimate of drug-likeness (QED) is 0.923. The van der Waals surface area contributed by atoms with Gasteiger partial charge in [-0.1, -0.05) is 11.6 Å². The van der Waals surface area contributed by atoms with Gasteiger partial charge >= 0.3 is 0 Å². The summed E-state index contributed by atoms with van der Waals surface area (Å²) in [5.74, 6) is 0.472. The van der Waals surface area contributed by atoms with Crippen LogP contribution >= 0.6 is 22.9 Å². The third-order valence-electron chi connectivity index (χ3n) is 4.21. The first-order valence-corrected chi connectivity index (χ1v) is 8.48. The Kier molecular flexibility index (Phi) is 3.74. The molecular formula is C15H19ClN2O2S. The van der Waals surface area contributed by atoms with Crippen LogP contribution in [0, 0.1) is 5.92 Å². The molecule has 2 heterocycles. The summed E-state index contributed by atoms with van der Waals surface area (Å²) in [5, 5.41) is 5.56. The molecule has 1 aromatic heterocycles. The van der Waals surface area contributed by atoms with Crippen LogP contribution in [-0.4, -0.2) is 35.8 Å². The molecule has 2 fully saturated rings. The van der Waals surface area contributed by atoms with Crippen molar-refractivity contribution in [3.05, 3.63) is 21.3 Å². The Bertz CT molecular complexity index is 574. The van der Waals surface area contributed by atoms with Gasteiger partial charge in [-0.3, -0.25) is 9.59 Å². The van der Waals surface area contributed by atoms with Gasteiger partial charge in [0, 0.05) is 23.9 Å². The van der Waals surface area contributed by atoms with E-state index < -0.39 is 5.41 Å². The van der Waals surface area contributed by atoms with Crippen molar-refractivity contribution in [1.29, 1.82) is 0 Å². The monoisotopic (exact) mass is 326 g/mol. The molecular weight excluding hydrogens is 308 g/mol. The fraction of sp³-hybridized carbons (Fsp3) is 0.600. The fourth-order valence-corrected chi connectivity index (χ4v) is 3.96. The first-order chi connectivity index (χ1) is 9.89. The number of thiophene rings is 1. The third-order valence-corrected chi connectivity index (χ3v) is 5.87. The standard InChI is InChI=1S/C15H19ClN2O2S/c1-15(2,12-11(16)5-6-21-12)14(20)17-10-7-18(8-10)13(19)9-3-4-9/h5-6,9-10H,3-4,7-8H2,1-2H3,(H,17,20). The van der Waals surface area contributed by atoms with Crippen LogP contribution in [0.4, 0.5) is 0 Å². The molecule has 0 radical (unpaired) electrons. The number of hydrogen-bond acceptors (Lipinski definition) is 3. The van der Waals surface area contributed by atoms with Gasteiger partial charge < -0.3 is 10.2 Å². The zero-order chi connectivity index (χ0) is 15.2. The maximum absolute atomic E-state index is 12.5. The molecule has 4 nitrogen and oxygen atoms in total. The van der Waals surface area contributed by atoms with Gasteiger partial charge in [-0.25, -0.2) is 0 Å². The molecule has 0 aromatic carbocycles. The second kappa shape index (κ2) is 5.29. The second-order valence-electron chi connectivity index (χ2n) is 6.41. The lowest BCUT2D eigenvalue weighted by molar-refractivity contribution is -0.139. The van der Waals surface area contributed by atoms with Crippen LogP contribution in [0.15, 0.2) is 11.4 Å². The zero-order valence-electron chi connectivity index (χ0n) is 12.2. The summed E-state index contributed by atoms with van der Waals surface area (Å²) in [4.78, 5) is 27.0. The molecule has 0 atom stereocenters. The van der Waals surface area contributed by atoms with Crippen molar-refractivity contribution in [1.82, 2.24) is 10.2 Å². The Morgan fingerprint density at radius 2 is 2.05 bits per heavy atom. The van der Waals surface area contributed by atoms with Crippen LogP contribution in [0.5, 0.6) is 0 Å². The molecule has 6 heteroatoms. The highest BCUT2D eigenvalue weighted by Gasteiger charge is 2.41. The average Bonchev–Trinajstić information content (AvgIpc) is 3.14. The molecule has 0 bridgehead atoms. The number of nitrogens with one attached hydrogen (secondary N) is 1. The largest absolute Gasteiger partial charge is 0.349 e. The summed E-state index contributed by atoms with van der Waals surface area (Å²) in [6.07, 6.45) is 2.05. The Hall–Kier alpha value is -1.07. The van der Waals surface area contributed by atoms with Gasteiger partial charge in [0.05, 0.1) is 16.5 Å². The van der Waals surface area contributed by atoms with Gasteiger partial charge in [-0.15, -0.1) is 11.3 Å². The van der Waals surface area contributed by atoms with E-state index in [4.69, 9.17) is 11.6 Å². The molecule has 0 unspecified atom stereocenters. The minimum Gasteiger partial charge on any atom is -0.349 e. The highest BCUT2D eigenvalue weighted by atomic mass is 35.5. The predicted octanol–water partition coefficient (Wildman–Crippen LogP) is 2.42. The van der Waals surface area contributed by atoms with E-state index in [0.717, 1.165) is 17.7 Å². The van der Waals surface area contributed by atoms with E-state index in [-0.39, 0.29) is 23.8 Å². The lowest BCUT2D eigenvalue weighted by Crippen LogP contribution is -2.63. The number of nitrogens with zero attached hydrogens (tertiary/aromatic N) is 1. The van der Waals surface area contributed by atoms with Crippen LogP contribution in [0.25, 0.3) is 0 Å². The minimum absolute atomic E-state index is 0.0321. The predicted molar refractivity (Wildman–Crippen MR) is 83.6 cm³/mol. The minimum atomic E-state index is -0.647. The van der Waals surface area contributed by atoms with E-state index in [1.54, 1.807) is 0 Å². The first kappa shape index (κ1) is 14.9. The van der Waals surface area contributed by atoms with Crippen molar-refractivity contribution in [3.8, 4) is 0 Å². The molecule has 1 aliphatic carbocycles. The van der Waals surface area contributed by atoms with E-state index >= 15 is 0 Å². The average molecular weight is 327 g/mol. The van der Waals surface area contributed by atoms with Crippen molar-refractivity contribution in [2.45, 2.75) is 38.1 Å². The Balaban J connectivity index is 1.55. The number of carbonyl (C=O) groups is 2. The summed E-state index contributed by atoms with van der Waals surface area (Å²) in [6.45, 7) is 5.03. The van der Waals surface area contributed by atoms with Gasteiger partial charge in [0.2, 0.25) is 11.8 Å². The number of rotatable bonds is 4. The van der Waals surface area contributed by atoms with Crippen LogP contribution in [0.2, 0.25) is 5.02 Å². The van der Waals surface area contributed by atoms with Gasteiger partial charge in [0.25, 0.3) is 0 Å². The molecule has 2 aliphatic rings. The molecule has 2 amide bonds. The number of hydrogen-bond donors (Lipinski definition) is 1. The maximum Gasteiger partial charge on any atom is 0.231 e. The summed E-state index contributed by atoms with van der Waals surface area (Å²) in [7, 11) is 0. The smallest absolute Gasteiger partial charge is 0.231 e. The van der Waals surface area contributed by atoms with Gasteiger partial charge in [0.1, 0.15) is 0 Å². The summed E-state index contributed by atoms with van der Waals surface area (Å²) in [6, 6.07) is 1.88. The number of halogens is 1. The van der Waals surface area contributed by atoms with Crippen LogP contribution in [0.1, 0.15) is 31.6 Å². The molecule has 0 spiro atoms. The number of amides is 2. The van der Waals surface area contributed by atoms with Crippen molar-refractivity contribution >= 4 is 34.8 Å². The van der Waals surface area contributed by atoms with Crippen molar-refractivity contribution in [2.75, 3.05) is 13.1 Å². The van der Waals surface area contributed by atoms with E-state index in [2.05, 4.69) is 5.32 Å². The van der Waals surface area contributed by atoms with Crippen molar-refractivity contribution in [3.63, 3.8) is 0 Å². The molecule has 1 aliphatic heterocycles. The van der Waals surface area contributed by atoms with Gasteiger partial charge in [-0.2, -0.15) is 0 Å². The summed E-state index contributed by atoms with van der Waals surface area (Å²) < 4.78 is 0. The summed E-state index contributed by atoms with van der Waals surface area (Å²) in [5.41, 5.74) is -0.647. The Morgan fingerprint density at radius 1 is 1.38 bits per heavy atom. The number of likely N-dealkylation sites (tertiary alicyclic amines) is 1. The highest BCUT2D eigenvalue weighted by Crippen LogP contribution is 2.35. The molecule has 21 heavy (non-hydrogen) atoms. The first-order valence-electron chi connectivity index (χ1n) is 7.23. The Morgan fingerprint density at radius 3 is 2.57 bits per heavy atom. The van der Waals surface area contributed by atoms with Gasteiger partial charge in [-0.05, 0) is 38.1 Å². The Labute approximate surface area is 133 Å². The van der Waals surface area contributed by atoms with Crippen molar-refractivity contribution in [2.24, 2.45) is 5.92 Å². The van der Waals surface area contributed by atoms with Crippen LogP contribution in [-0.2, 0) is 15.0 Å². The zero-order valence-corrected chi connectivity index (χ0v) is 13.8. The SMILES string of the molecule is CC(C)(C(=O)NC1CN(C(=O)C2CC2)C1)c1sccc1Cl.